The minimum absolute atomic E-state index is 0.206. The minimum atomic E-state index is -0.286. The number of aliphatic hydroxyl groups is 1. The van der Waals surface area contributed by atoms with Gasteiger partial charge in [-0.3, -0.25) is 4.90 Å². The molecular formula is C17H23FN2O. The van der Waals surface area contributed by atoms with E-state index in [1.54, 1.807) is 6.07 Å². The maximum atomic E-state index is 13.4. The predicted octanol–water partition coefficient (Wildman–Crippen LogP) is 1.70. The van der Waals surface area contributed by atoms with Crippen LogP contribution in [0.5, 0.6) is 0 Å². The van der Waals surface area contributed by atoms with E-state index in [0.29, 0.717) is 11.6 Å². The Labute approximate surface area is 126 Å². The van der Waals surface area contributed by atoms with Crippen molar-refractivity contribution >= 4 is 0 Å². The lowest BCUT2D eigenvalue weighted by Gasteiger charge is -2.36. The molecule has 3 nitrogen and oxygen atoms in total. The van der Waals surface area contributed by atoms with Crippen molar-refractivity contribution in [3.63, 3.8) is 0 Å². The first-order valence-corrected chi connectivity index (χ1v) is 7.37. The van der Waals surface area contributed by atoms with Crippen LogP contribution >= 0.6 is 0 Å². The molecule has 114 valence electrons. The van der Waals surface area contributed by atoms with Crippen LogP contribution in [0.2, 0.25) is 0 Å². The molecule has 1 aliphatic rings. The van der Waals surface area contributed by atoms with Gasteiger partial charge in [-0.2, -0.15) is 0 Å². The molecule has 0 aromatic heterocycles. The second kappa shape index (κ2) is 7.56. The lowest BCUT2D eigenvalue weighted by Crippen LogP contribution is -2.44. The predicted molar refractivity (Wildman–Crippen MR) is 82.3 cm³/mol. The first-order valence-electron chi connectivity index (χ1n) is 7.37. The molecule has 0 aliphatic carbocycles. The summed E-state index contributed by atoms with van der Waals surface area (Å²) in [6, 6.07) is 5.31. The molecule has 1 aliphatic heterocycles. The van der Waals surface area contributed by atoms with Gasteiger partial charge in [0.15, 0.2) is 0 Å². The van der Waals surface area contributed by atoms with Gasteiger partial charge in [0, 0.05) is 24.7 Å². The summed E-state index contributed by atoms with van der Waals surface area (Å²) in [5, 5.41) is 8.82. The van der Waals surface area contributed by atoms with Gasteiger partial charge in [0.25, 0.3) is 0 Å². The van der Waals surface area contributed by atoms with Gasteiger partial charge >= 0.3 is 0 Å². The van der Waals surface area contributed by atoms with Crippen molar-refractivity contribution in [1.29, 1.82) is 0 Å². The van der Waals surface area contributed by atoms with E-state index in [1.807, 2.05) is 0 Å². The highest BCUT2D eigenvalue weighted by molar-refractivity contribution is 5.41. The first-order chi connectivity index (χ1) is 10.1. The third-order valence-corrected chi connectivity index (χ3v) is 3.98. The van der Waals surface area contributed by atoms with Gasteiger partial charge in [-0.1, -0.05) is 17.9 Å². The molecule has 4 heteroatoms. The molecule has 1 saturated heterocycles. The number of hydrogen-bond donors (Lipinski definition) is 1. The molecule has 1 atom stereocenters. The molecule has 21 heavy (non-hydrogen) atoms. The fraction of sp³-hybridized carbons (Fsp3) is 0.529. The van der Waals surface area contributed by atoms with Crippen LogP contribution in [0, 0.1) is 17.7 Å². The minimum Gasteiger partial charge on any atom is -0.384 e. The zero-order valence-corrected chi connectivity index (χ0v) is 12.8. The van der Waals surface area contributed by atoms with Gasteiger partial charge in [-0.05, 0) is 51.2 Å². The molecule has 1 unspecified atom stereocenters. The monoisotopic (exact) mass is 290 g/mol. The Morgan fingerprint density at radius 2 is 2.24 bits per heavy atom. The Morgan fingerprint density at radius 1 is 1.43 bits per heavy atom. The zero-order valence-electron chi connectivity index (χ0n) is 12.8. The van der Waals surface area contributed by atoms with Crippen LogP contribution in [0.3, 0.4) is 0 Å². The van der Waals surface area contributed by atoms with Gasteiger partial charge < -0.3 is 10.0 Å². The maximum absolute atomic E-state index is 13.4. The van der Waals surface area contributed by atoms with Crippen LogP contribution < -0.4 is 0 Å². The highest BCUT2D eigenvalue weighted by Crippen LogP contribution is 2.18. The van der Waals surface area contributed by atoms with Crippen LogP contribution in [0.4, 0.5) is 4.39 Å². The number of aliphatic hydroxyl groups excluding tert-OH is 1. The quantitative estimate of drug-likeness (QED) is 0.858. The molecule has 0 saturated carbocycles. The number of likely N-dealkylation sites (tertiary alicyclic amines) is 1. The Balaban J connectivity index is 2.11. The third kappa shape index (κ3) is 4.53. The standard InChI is InChI=1S/C17H23FN2O/c1-19(2)17-6-3-9-20(13-17)12-15-7-8-16(18)11-14(15)5-4-10-21/h7-8,11,17,21H,3,6,9-10,12-13H2,1-2H3. The summed E-state index contributed by atoms with van der Waals surface area (Å²) in [6.45, 7) is 2.66. The van der Waals surface area contributed by atoms with E-state index >= 15 is 0 Å². The molecule has 0 spiro atoms. The van der Waals surface area contributed by atoms with Crippen LogP contribution in [0.1, 0.15) is 24.0 Å². The molecule has 1 fully saturated rings. The van der Waals surface area contributed by atoms with E-state index in [4.69, 9.17) is 5.11 Å². The zero-order chi connectivity index (χ0) is 15.2. The van der Waals surface area contributed by atoms with E-state index in [-0.39, 0.29) is 12.4 Å². The van der Waals surface area contributed by atoms with Gasteiger partial charge in [-0.25, -0.2) is 4.39 Å². The SMILES string of the molecule is CN(C)C1CCCN(Cc2ccc(F)cc2C#CCO)C1. The van der Waals surface area contributed by atoms with Crippen molar-refractivity contribution in [1.82, 2.24) is 9.80 Å². The average molecular weight is 290 g/mol. The summed E-state index contributed by atoms with van der Waals surface area (Å²) in [7, 11) is 4.23. The lowest BCUT2D eigenvalue weighted by atomic mass is 10.0. The number of piperidine rings is 1. The van der Waals surface area contributed by atoms with Crippen LogP contribution in [-0.4, -0.2) is 54.7 Å². The van der Waals surface area contributed by atoms with Crippen LogP contribution in [-0.2, 0) is 6.54 Å². The second-order valence-electron chi connectivity index (χ2n) is 5.76. The van der Waals surface area contributed by atoms with Crippen molar-refractivity contribution in [2.45, 2.75) is 25.4 Å². The largest absolute Gasteiger partial charge is 0.384 e. The molecular weight excluding hydrogens is 267 g/mol. The van der Waals surface area contributed by atoms with Crippen molar-refractivity contribution in [2.24, 2.45) is 0 Å². The van der Waals surface area contributed by atoms with Crippen molar-refractivity contribution in [2.75, 3.05) is 33.8 Å². The van der Waals surface area contributed by atoms with Gasteiger partial charge in [-0.15, -0.1) is 0 Å². The molecule has 1 N–H and O–H groups in total. The second-order valence-corrected chi connectivity index (χ2v) is 5.76. The molecule has 1 heterocycles. The lowest BCUT2D eigenvalue weighted by molar-refractivity contribution is 0.128. The number of benzene rings is 1. The molecule has 2 rings (SSSR count). The van der Waals surface area contributed by atoms with Gasteiger partial charge in [0.1, 0.15) is 12.4 Å². The Morgan fingerprint density at radius 3 is 2.95 bits per heavy atom. The van der Waals surface area contributed by atoms with Crippen molar-refractivity contribution < 1.29 is 9.50 Å². The van der Waals surface area contributed by atoms with Gasteiger partial charge in [0.2, 0.25) is 0 Å². The summed E-state index contributed by atoms with van der Waals surface area (Å²) in [5.41, 5.74) is 1.70. The average Bonchev–Trinajstić information content (AvgIpc) is 2.47. The maximum Gasteiger partial charge on any atom is 0.124 e. The summed E-state index contributed by atoms with van der Waals surface area (Å²) in [5.74, 6) is 5.17. The van der Waals surface area contributed by atoms with Gasteiger partial charge in [0.05, 0.1) is 0 Å². The topological polar surface area (TPSA) is 26.7 Å². The smallest absolute Gasteiger partial charge is 0.124 e. The fourth-order valence-electron chi connectivity index (χ4n) is 2.77. The number of hydrogen-bond acceptors (Lipinski definition) is 3. The normalized spacial score (nSPS) is 19.4. The number of rotatable bonds is 3. The molecule has 0 amide bonds. The summed E-state index contributed by atoms with van der Waals surface area (Å²) in [6.07, 6.45) is 2.41. The number of likely N-dealkylation sites (N-methyl/N-ethyl adjacent to an activating group) is 1. The van der Waals surface area contributed by atoms with E-state index < -0.39 is 0 Å². The summed E-state index contributed by atoms with van der Waals surface area (Å²) >= 11 is 0. The number of nitrogens with zero attached hydrogens (tertiary/aromatic N) is 2. The van der Waals surface area contributed by atoms with Crippen LogP contribution in [0.15, 0.2) is 18.2 Å². The van der Waals surface area contributed by atoms with Crippen molar-refractivity contribution in [3.8, 4) is 11.8 Å². The first kappa shape index (κ1) is 16.0. The van der Waals surface area contributed by atoms with E-state index in [1.165, 1.54) is 25.0 Å². The molecule has 1 aromatic carbocycles. The summed E-state index contributed by atoms with van der Waals surface area (Å²) < 4.78 is 13.4. The summed E-state index contributed by atoms with van der Waals surface area (Å²) in [4.78, 5) is 4.66. The molecule has 1 aromatic rings. The highest BCUT2D eigenvalue weighted by atomic mass is 19.1. The van der Waals surface area contributed by atoms with E-state index in [9.17, 15) is 4.39 Å². The third-order valence-electron chi connectivity index (χ3n) is 3.98. The highest BCUT2D eigenvalue weighted by Gasteiger charge is 2.21. The van der Waals surface area contributed by atoms with Crippen molar-refractivity contribution in [3.05, 3.63) is 35.1 Å². The van der Waals surface area contributed by atoms with E-state index in [2.05, 4.69) is 35.7 Å². The molecule has 0 bridgehead atoms. The molecule has 0 radical (unpaired) electrons. The Hall–Kier alpha value is -1.41. The Bertz CT molecular complexity index is 533. The number of halogens is 1. The fourth-order valence-corrected chi connectivity index (χ4v) is 2.77. The van der Waals surface area contributed by atoms with Crippen LogP contribution in [0.25, 0.3) is 0 Å². The Kier molecular flexibility index (Phi) is 5.75. The van der Waals surface area contributed by atoms with E-state index in [0.717, 1.165) is 25.2 Å².